The Kier molecular flexibility index (Phi) is 4.67. The molecule has 2 aromatic heterocycles. The number of nitrogens with zero attached hydrogens (tertiary/aromatic N) is 2. The summed E-state index contributed by atoms with van der Waals surface area (Å²) < 4.78 is 1.79. The highest BCUT2D eigenvalue weighted by atomic mass is 16.1. The minimum Gasteiger partial charge on any atom is -0.268 e. The van der Waals surface area contributed by atoms with Crippen molar-refractivity contribution in [3.63, 3.8) is 0 Å². The summed E-state index contributed by atoms with van der Waals surface area (Å²) >= 11 is 0. The van der Waals surface area contributed by atoms with Crippen molar-refractivity contribution in [1.82, 2.24) is 9.38 Å². The van der Waals surface area contributed by atoms with Crippen molar-refractivity contribution in [3.8, 4) is 33.4 Å². The van der Waals surface area contributed by atoms with E-state index in [1.165, 1.54) is 0 Å². The van der Waals surface area contributed by atoms with Gasteiger partial charge in [0.15, 0.2) is 0 Å². The molecule has 2 heterocycles. The summed E-state index contributed by atoms with van der Waals surface area (Å²) in [4.78, 5) is 19.3. The van der Waals surface area contributed by atoms with Crippen molar-refractivity contribution in [2.24, 2.45) is 0 Å². The van der Waals surface area contributed by atoms with Crippen molar-refractivity contribution in [2.45, 2.75) is 0 Å². The molecule has 39 heavy (non-hydrogen) atoms. The summed E-state index contributed by atoms with van der Waals surface area (Å²) in [7, 11) is 0. The predicted molar refractivity (Wildman–Crippen MR) is 161 cm³/mol. The van der Waals surface area contributed by atoms with E-state index in [1.54, 1.807) is 4.40 Å². The van der Waals surface area contributed by atoms with Gasteiger partial charge in [0, 0.05) is 16.2 Å². The maximum atomic E-state index is 14.3. The van der Waals surface area contributed by atoms with Crippen LogP contribution in [0.2, 0.25) is 0 Å². The highest BCUT2D eigenvalue weighted by Gasteiger charge is 2.19. The van der Waals surface area contributed by atoms with Crippen molar-refractivity contribution in [1.29, 1.82) is 0 Å². The number of aromatic nitrogens is 2. The lowest BCUT2D eigenvalue weighted by Gasteiger charge is -2.14. The molecule has 8 rings (SSSR count). The van der Waals surface area contributed by atoms with Crippen molar-refractivity contribution >= 4 is 38.2 Å². The fourth-order valence-corrected chi connectivity index (χ4v) is 5.90. The van der Waals surface area contributed by atoms with Gasteiger partial charge < -0.3 is 0 Å². The van der Waals surface area contributed by atoms with Crippen LogP contribution in [0.5, 0.6) is 0 Å². The van der Waals surface area contributed by atoms with E-state index in [1.807, 2.05) is 54.6 Å². The van der Waals surface area contributed by atoms with E-state index in [-0.39, 0.29) is 5.56 Å². The molecule has 8 aromatic rings. The maximum Gasteiger partial charge on any atom is 0.264 e. The minimum atomic E-state index is -0.0412. The van der Waals surface area contributed by atoms with Crippen LogP contribution in [0.4, 0.5) is 0 Å². The summed E-state index contributed by atoms with van der Waals surface area (Å²) in [6.45, 7) is 0. The lowest BCUT2D eigenvalue weighted by Crippen LogP contribution is -2.13. The highest BCUT2D eigenvalue weighted by molar-refractivity contribution is 6.20. The smallest absolute Gasteiger partial charge is 0.264 e. The Morgan fingerprint density at radius 2 is 1.10 bits per heavy atom. The molecule has 3 nitrogen and oxygen atoms in total. The Balaban J connectivity index is 1.51. The summed E-state index contributed by atoms with van der Waals surface area (Å²) in [5.74, 6) is 0. The first-order valence-corrected chi connectivity index (χ1v) is 13.1. The molecule has 182 valence electrons. The first-order chi connectivity index (χ1) is 19.3. The topological polar surface area (TPSA) is 34.4 Å². The molecule has 0 aliphatic carbocycles. The zero-order valence-corrected chi connectivity index (χ0v) is 21.0. The molecule has 6 aromatic carbocycles. The monoisotopic (exact) mass is 498 g/mol. The molecule has 0 aliphatic rings. The number of fused-ring (bicyclic) bond motifs is 4. The van der Waals surface area contributed by atoms with E-state index in [9.17, 15) is 4.79 Å². The van der Waals surface area contributed by atoms with Gasteiger partial charge in [0.1, 0.15) is 5.65 Å². The van der Waals surface area contributed by atoms with E-state index in [4.69, 9.17) is 4.98 Å². The van der Waals surface area contributed by atoms with Crippen molar-refractivity contribution in [3.05, 3.63) is 144 Å². The van der Waals surface area contributed by atoms with Gasteiger partial charge in [-0.25, -0.2) is 4.98 Å². The fraction of sp³-hybridized carbons (Fsp3) is 0. The second-order valence-electron chi connectivity index (χ2n) is 9.98. The average molecular weight is 499 g/mol. The van der Waals surface area contributed by atoms with E-state index >= 15 is 0 Å². The first-order valence-electron chi connectivity index (χ1n) is 13.1. The third-order valence-corrected chi connectivity index (χ3v) is 7.74. The third-order valence-electron chi connectivity index (χ3n) is 7.74. The van der Waals surface area contributed by atoms with Gasteiger partial charge in [-0.15, -0.1) is 0 Å². The number of hydrogen-bond donors (Lipinski definition) is 0. The predicted octanol–water partition coefficient (Wildman–Crippen LogP) is 8.59. The lowest BCUT2D eigenvalue weighted by atomic mass is 9.91. The largest absolute Gasteiger partial charge is 0.268 e. The van der Waals surface area contributed by atoms with E-state index < -0.39 is 0 Å². The normalized spacial score (nSPS) is 11.7. The van der Waals surface area contributed by atoms with Crippen molar-refractivity contribution < 1.29 is 0 Å². The SMILES string of the molecule is O=c1c2cc(-c3ccccc3)cc3c(-c4ccccc4)ccc(c32)c2nc3cc(-c4ccccc4)ccc3n12. The molecule has 0 fully saturated rings. The lowest BCUT2D eigenvalue weighted by molar-refractivity contribution is 1.19. The average Bonchev–Trinajstić information content (AvgIpc) is 3.40. The van der Waals surface area contributed by atoms with Crippen molar-refractivity contribution in [2.75, 3.05) is 0 Å². The van der Waals surface area contributed by atoms with Crippen LogP contribution in [-0.2, 0) is 0 Å². The standard InChI is InChI=1S/C36H22N2O/c39-36-31-21-27(24-12-6-2-7-13-24)20-30-28(25-14-8-3-9-15-25)17-18-29(34(30)31)35-37-32-22-26(16-19-33(32)38(35)36)23-10-4-1-5-11-23/h1-22H. The molecule has 0 unspecified atom stereocenters. The van der Waals surface area contributed by atoms with Crippen LogP contribution >= 0.6 is 0 Å². The molecule has 0 saturated heterocycles. The summed E-state index contributed by atoms with van der Waals surface area (Å²) in [6, 6.07) is 45.7. The van der Waals surface area contributed by atoms with E-state index in [0.717, 1.165) is 60.6 Å². The Hall–Kier alpha value is -5.28. The molecular formula is C36H22N2O. The van der Waals surface area contributed by atoms with Crippen LogP contribution in [0.25, 0.3) is 71.6 Å². The van der Waals surface area contributed by atoms with Gasteiger partial charge in [-0.3, -0.25) is 9.20 Å². The van der Waals surface area contributed by atoms with Gasteiger partial charge in [0.05, 0.1) is 11.0 Å². The Bertz CT molecular complexity index is 2220. The molecule has 0 spiro atoms. The fourth-order valence-electron chi connectivity index (χ4n) is 5.90. The van der Waals surface area contributed by atoms with Gasteiger partial charge >= 0.3 is 0 Å². The second kappa shape index (κ2) is 8.37. The van der Waals surface area contributed by atoms with E-state index in [2.05, 4.69) is 78.9 Å². The van der Waals surface area contributed by atoms with Gasteiger partial charge in [0.25, 0.3) is 5.56 Å². The third kappa shape index (κ3) is 3.30. The summed E-state index contributed by atoms with van der Waals surface area (Å²) in [5.41, 5.74) is 8.85. The number of rotatable bonds is 3. The first kappa shape index (κ1) is 21.8. The zero-order valence-electron chi connectivity index (χ0n) is 21.0. The number of pyridine rings is 1. The molecule has 0 saturated carbocycles. The van der Waals surface area contributed by atoms with Crippen LogP contribution in [0.3, 0.4) is 0 Å². The van der Waals surface area contributed by atoms with Crippen LogP contribution in [-0.4, -0.2) is 9.38 Å². The van der Waals surface area contributed by atoms with Crippen LogP contribution in [0.1, 0.15) is 0 Å². The molecule has 0 radical (unpaired) electrons. The molecule has 3 heteroatoms. The zero-order chi connectivity index (χ0) is 25.9. The van der Waals surface area contributed by atoms with Gasteiger partial charge in [-0.05, 0) is 69.1 Å². The van der Waals surface area contributed by atoms with Crippen LogP contribution < -0.4 is 5.56 Å². The summed E-state index contributed by atoms with van der Waals surface area (Å²) in [5, 5.41) is 3.72. The van der Waals surface area contributed by atoms with Gasteiger partial charge in [-0.2, -0.15) is 0 Å². The number of imidazole rings is 1. The summed E-state index contributed by atoms with van der Waals surface area (Å²) in [6.07, 6.45) is 0. The quantitative estimate of drug-likeness (QED) is 0.244. The minimum absolute atomic E-state index is 0.0412. The van der Waals surface area contributed by atoms with Gasteiger partial charge in [0.2, 0.25) is 0 Å². The molecule has 0 bridgehead atoms. The molecule has 0 atom stereocenters. The van der Waals surface area contributed by atoms with Crippen LogP contribution in [0.15, 0.2) is 138 Å². The Morgan fingerprint density at radius 3 is 1.79 bits per heavy atom. The van der Waals surface area contributed by atoms with Crippen LogP contribution in [0, 0.1) is 0 Å². The molecule has 0 N–H and O–H groups in total. The highest BCUT2D eigenvalue weighted by Crippen LogP contribution is 2.39. The molecule has 0 amide bonds. The Morgan fingerprint density at radius 1 is 0.487 bits per heavy atom. The molecular weight excluding hydrogens is 476 g/mol. The van der Waals surface area contributed by atoms with Gasteiger partial charge in [-0.1, -0.05) is 103 Å². The number of benzene rings is 6. The maximum absolute atomic E-state index is 14.3. The number of hydrogen-bond acceptors (Lipinski definition) is 2. The Labute approximate surface area is 224 Å². The van der Waals surface area contributed by atoms with E-state index in [0.29, 0.717) is 11.0 Å². The second-order valence-corrected chi connectivity index (χ2v) is 9.98. The molecule has 0 aliphatic heterocycles.